The van der Waals surface area contributed by atoms with Gasteiger partial charge in [-0.1, -0.05) is 25.1 Å². The van der Waals surface area contributed by atoms with E-state index >= 15 is 0 Å². The highest BCUT2D eigenvalue weighted by Gasteiger charge is 2.45. The van der Waals surface area contributed by atoms with Crippen LogP contribution in [0.5, 0.6) is 5.75 Å². The van der Waals surface area contributed by atoms with Gasteiger partial charge in [0.05, 0.1) is 19.3 Å². The number of nitrogens with zero attached hydrogens (tertiary/aromatic N) is 1. The Morgan fingerprint density at radius 3 is 2.80 bits per heavy atom. The van der Waals surface area contributed by atoms with Crippen molar-refractivity contribution in [1.29, 1.82) is 0 Å². The van der Waals surface area contributed by atoms with E-state index in [1.54, 1.807) is 7.11 Å². The largest absolute Gasteiger partial charge is 0.496 e. The van der Waals surface area contributed by atoms with E-state index in [1.807, 2.05) is 36.9 Å². The number of thioether (sulfide) groups is 1. The molecule has 0 heterocycles. The second kappa shape index (κ2) is 9.92. The minimum absolute atomic E-state index is 0.317. The van der Waals surface area contributed by atoms with Gasteiger partial charge in [-0.15, -0.1) is 0 Å². The molecule has 6 heteroatoms. The Hall–Kier alpha value is -1.40. The predicted molar refractivity (Wildman–Crippen MR) is 107 cm³/mol. The number of aliphatic imine (C=N–C) groups is 1. The average Bonchev–Trinajstić information content (AvgIpc) is 2.63. The van der Waals surface area contributed by atoms with E-state index in [1.165, 1.54) is 5.56 Å². The highest BCUT2D eigenvalue weighted by atomic mass is 32.2. The molecule has 1 aromatic rings. The zero-order valence-electron chi connectivity index (χ0n) is 15.5. The lowest BCUT2D eigenvalue weighted by Crippen LogP contribution is -2.53. The van der Waals surface area contributed by atoms with Crippen molar-refractivity contribution >= 4 is 17.7 Å². The summed E-state index contributed by atoms with van der Waals surface area (Å²) in [4.78, 5) is 4.61. The topological polar surface area (TPSA) is 65.9 Å². The van der Waals surface area contributed by atoms with Crippen LogP contribution in [0.1, 0.15) is 32.3 Å². The van der Waals surface area contributed by atoms with Gasteiger partial charge in [0.1, 0.15) is 5.75 Å². The summed E-state index contributed by atoms with van der Waals surface area (Å²) >= 11 is 1.84. The summed E-state index contributed by atoms with van der Waals surface area (Å²) in [5.74, 6) is 2.71. The molecule has 2 rings (SSSR count). The van der Waals surface area contributed by atoms with Crippen molar-refractivity contribution in [2.45, 2.75) is 44.0 Å². The molecule has 25 heavy (non-hydrogen) atoms. The molecular formula is C19H31N3O2S. The third-order valence-corrected chi connectivity index (χ3v) is 5.95. The van der Waals surface area contributed by atoms with E-state index in [0.29, 0.717) is 11.8 Å². The van der Waals surface area contributed by atoms with Crippen molar-refractivity contribution in [3.63, 3.8) is 0 Å². The Morgan fingerprint density at radius 2 is 2.16 bits per heavy atom. The smallest absolute Gasteiger partial charge is 0.191 e. The first-order chi connectivity index (χ1) is 12.1. The Balaban J connectivity index is 1.87. The molecule has 0 saturated heterocycles. The number of hydrogen-bond acceptors (Lipinski definition) is 4. The molecule has 0 aromatic heterocycles. The highest BCUT2D eigenvalue weighted by Crippen LogP contribution is 2.41. The number of guanidine groups is 1. The lowest BCUT2D eigenvalue weighted by Gasteiger charge is -2.44. The van der Waals surface area contributed by atoms with Gasteiger partial charge in [0.2, 0.25) is 0 Å². The normalized spacial score (nSPS) is 23.0. The van der Waals surface area contributed by atoms with Crippen LogP contribution in [0, 0.1) is 0 Å². The second-order valence-electron chi connectivity index (χ2n) is 6.27. The third kappa shape index (κ3) is 5.54. The molecule has 2 atom stereocenters. The van der Waals surface area contributed by atoms with E-state index in [4.69, 9.17) is 4.74 Å². The first-order valence-corrected chi connectivity index (χ1v) is 10.2. The average molecular weight is 366 g/mol. The van der Waals surface area contributed by atoms with Crippen LogP contribution in [0.2, 0.25) is 0 Å². The van der Waals surface area contributed by atoms with Crippen LogP contribution in [0.3, 0.4) is 0 Å². The monoisotopic (exact) mass is 365 g/mol. The molecule has 1 fully saturated rings. The van der Waals surface area contributed by atoms with Gasteiger partial charge >= 0.3 is 0 Å². The summed E-state index contributed by atoms with van der Waals surface area (Å²) in [6.07, 6.45) is 2.78. The van der Waals surface area contributed by atoms with Crippen LogP contribution < -0.4 is 15.4 Å². The molecular weight excluding hydrogens is 334 g/mol. The third-order valence-electron chi connectivity index (χ3n) is 4.54. The summed E-state index contributed by atoms with van der Waals surface area (Å²) in [6, 6.07) is 8.06. The van der Waals surface area contributed by atoms with Crippen LogP contribution in [0.25, 0.3) is 0 Å². The zero-order chi connectivity index (χ0) is 18.1. The molecule has 0 aliphatic heterocycles. The van der Waals surface area contributed by atoms with E-state index in [0.717, 1.165) is 49.8 Å². The molecule has 140 valence electrons. The number of nitrogens with one attached hydrogen (secondary N) is 2. The second-order valence-corrected chi connectivity index (χ2v) is 7.75. The van der Waals surface area contributed by atoms with Gasteiger partial charge in [-0.3, -0.25) is 4.99 Å². The Bertz CT molecular complexity index is 567. The number of benzene rings is 1. The Morgan fingerprint density at radius 1 is 1.36 bits per heavy atom. The van der Waals surface area contributed by atoms with Crippen LogP contribution in [-0.2, 0) is 6.42 Å². The maximum Gasteiger partial charge on any atom is 0.191 e. The van der Waals surface area contributed by atoms with Gasteiger partial charge in [0.25, 0.3) is 0 Å². The summed E-state index contributed by atoms with van der Waals surface area (Å²) in [6.45, 7) is 6.19. The molecule has 1 aromatic carbocycles. The summed E-state index contributed by atoms with van der Waals surface area (Å²) < 4.78 is 5.39. The van der Waals surface area contributed by atoms with Crippen molar-refractivity contribution in [3.8, 4) is 5.75 Å². The van der Waals surface area contributed by atoms with Gasteiger partial charge in [-0.05, 0) is 43.6 Å². The molecule has 0 bridgehead atoms. The minimum atomic E-state index is -0.647. The zero-order valence-corrected chi connectivity index (χ0v) is 16.4. The van der Waals surface area contributed by atoms with Crippen molar-refractivity contribution < 1.29 is 9.84 Å². The minimum Gasteiger partial charge on any atom is -0.496 e. The molecule has 1 saturated carbocycles. The first-order valence-electron chi connectivity index (χ1n) is 9.11. The van der Waals surface area contributed by atoms with Gasteiger partial charge in [0.15, 0.2) is 5.96 Å². The van der Waals surface area contributed by atoms with Crippen molar-refractivity contribution in [2.24, 2.45) is 4.99 Å². The molecule has 0 amide bonds. The van der Waals surface area contributed by atoms with Gasteiger partial charge < -0.3 is 20.5 Å². The summed E-state index contributed by atoms with van der Waals surface area (Å²) in [5.41, 5.74) is 0.525. The first kappa shape index (κ1) is 19.9. The van der Waals surface area contributed by atoms with E-state index in [-0.39, 0.29) is 0 Å². The highest BCUT2D eigenvalue weighted by molar-refractivity contribution is 8.00. The van der Waals surface area contributed by atoms with Crippen LogP contribution in [0.4, 0.5) is 0 Å². The maximum atomic E-state index is 10.7. The molecule has 1 aliphatic rings. The SMILES string of the molecule is CCNC(=NCC1(O)CCC1SCC)NCCc1ccccc1OC. The lowest BCUT2D eigenvalue weighted by atomic mass is 9.79. The predicted octanol–water partition coefficient (Wildman–Crippen LogP) is 2.44. The quantitative estimate of drug-likeness (QED) is 0.463. The van der Waals surface area contributed by atoms with Gasteiger partial charge in [-0.2, -0.15) is 11.8 Å². The number of hydrogen-bond donors (Lipinski definition) is 3. The van der Waals surface area contributed by atoms with E-state index in [9.17, 15) is 5.11 Å². The van der Waals surface area contributed by atoms with Crippen molar-refractivity contribution in [1.82, 2.24) is 10.6 Å². The number of para-hydroxylation sites is 1. The van der Waals surface area contributed by atoms with Gasteiger partial charge in [-0.25, -0.2) is 0 Å². The van der Waals surface area contributed by atoms with Crippen LogP contribution >= 0.6 is 11.8 Å². The molecule has 0 spiro atoms. The molecule has 2 unspecified atom stereocenters. The Kier molecular flexibility index (Phi) is 7.90. The summed E-state index contributed by atoms with van der Waals surface area (Å²) in [5, 5.41) is 17.6. The fourth-order valence-corrected chi connectivity index (χ4v) is 4.19. The lowest BCUT2D eigenvalue weighted by molar-refractivity contribution is -0.0154. The molecule has 1 aliphatic carbocycles. The van der Waals surface area contributed by atoms with Crippen LogP contribution in [0.15, 0.2) is 29.3 Å². The number of rotatable bonds is 9. The fourth-order valence-electron chi connectivity index (χ4n) is 3.00. The standard InChI is InChI=1S/C19H31N3O2S/c1-4-20-18(22-14-19(23)12-10-17(19)25-5-2)21-13-11-15-8-6-7-9-16(15)24-3/h6-9,17,23H,4-5,10-14H2,1-3H3,(H2,20,21,22). The van der Waals surface area contributed by atoms with Crippen molar-refractivity contribution in [3.05, 3.63) is 29.8 Å². The Labute approximate surface area is 155 Å². The number of aliphatic hydroxyl groups is 1. The van der Waals surface area contributed by atoms with E-state index < -0.39 is 5.60 Å². The molecule has 0 radical (unpaired) electrons. The number of ether oxygens (including phenoxy) is 1. The van der Waals surface area contributed by atoms with Gasteiger partial charge in [0, 0.05) is 18.3 Å². The molecule has 5 nitrogen and oxygen atoms in total. The fraction of sp³-hybridized carbons (Fsp3) is 0.632. The van der Waals surface area contributed by atoms with E-state index in [2.05, 4.69) is 28.6 Å². The maximum absolute atomic E-state index is 10.7. The number of methoxy groups -OCH3 is 1. The van der Waals surface area contributed by atoms with Crippen LogP contribution in [-0.4, -0.2) is 54.4 Å². The molecule has 3 N–H and O–H groups in total. The van der Waals surface area contributed by atoms with Crippen molar-refractivity contribution in [2.75, 3.05) is 32.5 Å². The summed E-state index contributed by atoms with van der Waals surface area (Å²) in [7, 11) is 1.70.